The van der Waals surface area contributed by atoms with Gasteiger partial charge >= 0.3 is 5.97 Å². The number of rotatable bonds is 11. The maximum absolute atomic E-state index is 15.5. The lowest BCUT2D eigenvalue weighted by atomic mass is 10.0. The van der Waals surface area contributed by atoms with Crippen molar-refractivity contribution >= 4 is 40.0 Å². The van der Waals surface area contributed by atoms with E-state index < -0.39 is 51.4 Å². The first-order chi connectivity index (χ1) is 17.5. The van der Waals surface area contributed by atoms with Gasteiger partial charge in [0.05, 0.1) is 21.6 Å². The van der Waals surface area contributed by atoms with Crippen molar-refractivity contribution in [3.63, 3.8) is 0 Å². The molecule has 0 aliphatic heterocycles. The Labute approximate surface area is 214 Å². The molecule has 0 unspecified atom stereocenters. The van der Waals surface area contributed by atoms with E-state index in [1.165, 1.54) is 0 Å². The smallest absolute Gasteiger partial charge is 0.341 e. The summed E-state index contributed by atoms with van der Waals surface area (Å²) in [5.41, 5.74) is 3.21. The van der Waals surface area contributed by atoms with E-state index in [-0.39, 0.29) is 41.9 Å². The van der Waals surface area contributed by atoms with Crippen LogP contribution in [-0.4, -0.2) is 57.1 Å². The van der Waals surface area contributed by atoms with Gasteiger partial charge in [-0.05, 0) is 31.2 Å². The van der Waals surface area contributed by atoms with Crippen molar-refractivity contribution in [1.82, 2.24) is 9.55 Å². The molecule has 200 valence electrons. The summed E-state index contributed by atoms with van der Waals surface area (Å²) in [6, 6.07) is 1.25. The largest absolute Gasteiger partial charge is 0.477 e. The van der Waals surface area contributed by atoms with E-state index in [9.17, 15) is 33.7 Å². The summed E-state index contributed by atoms with van der Waals surface area (Å²) in [5.74, 6) is -6.56. The second-order valence-electron chi connectivity index (χ2n) is 8.46. The normalized spacial score (nSPS) is 11.5. The Morgan fingerprint density at radius 1 is 1.16 bits per heavy atom. The van der Waals surface area contributed by atoms with Crippen LogP contribution in [0.5, 0.6) is 0 Å². The van der Waals surface area contributed by atoms with Crippen molar-refractivity contribution < 1.29 is 33.3 Å². The van der Waals surface area contributed by atoms with Gasteiger partial charge in [-0.15, -0.1) is 0 Å². The lowest BCUT2D eigenvalue weighted by molar-refractivity contribution is 0.0695. The topological polar surface area (TPSA) is 142 Å². The van der Waals surface area contributed by atoms with Crippen LogP contribution in [0.2, 0.25) is 5.02 Å². The molecule has 3 aromatic rings. The Morgan fingerprint density at radius 3 is 2.38 bits per heavy atom. The van der Waals surface area contributed by atoms with Crippen molar-refractivity contribution in [3.8, 4) is 5.82 Å². The third kappa shape index (κ3) is 5.65. The molecule has 13 heteroatoms. The minimum Gasteiger partial charge on any atom is -0.477 e. The van der Waals surface area contributed by atoms with Crippen molar-refractivity contribution in [2.45, 2.75) is 26.2 Å². The molecule has 0 saturated carbocycles. The highest BCUT2D eigenvalue weighted by Gasteiger charge is 2.27. The monoisotopic (exact) mass is 542 g/mol. The highest BCUT2D eigenvalue weighted by Crippen LogP contribution is 2.37. The molecular formula is C24H26ClF3N4O5. The van der Waals surface area contributed by atoms with Crippen molar-refractivity contribution in [3.05, 3.63) is 56.6 Å². The van der Waals surface area contributed by atoms with Crippen LogP contribution in [0.4, 0.5) is 24.7 Å². The number of aliphatic hydroxyl groups is 2. The molecule has 0 aliphatic rings. The molecule has 2 aromatic heterocycles. The van der Waals surface area contributed by atoms with E-state index in [0.29, 0.717) is 31.9 Å². The number of carbonyl (C=O) groups is 1. The number of carboxylic acid groups (broad SMARTS) is 1. The molecule has 0 atom stereocenters. The molecule has 0 bridgehead atoms. The standard InChI is InChI=1S/C24H26ClF3N4O5/c1-2-5-31(10-12(3-6-33)4-7-34)20-15(26)8-13-19(18(20)25)32(11-14(21(13)35)24(36)37)23-17(28)9-16(27)22(29)30-23/h8-9,11-12,33-34H,2-7,10H2,1H3,(H2,29,30)(H,36,37). The number of pyridine rings is 2. The third-order valence-electron chi connectivity index (χ3n) is 5.92. The average Bonchev–Trinajstić information content (AvgIpc) is 2.82. The Balaban J connectivity index is 2.39. The molecule has 2 heterocycles. The van der Waals surface area contributed by atoms with Gasteiger partial charge in [0.15, 0.2) is 23.3 Å². The molecule has 0 spiro atoms. The van der Waals surface area contributed by atoms with Gasteiger partial charge in [-0.25, -0.2) is 22.9 Å². The number of halogens is 4. The molecule has 0 radical (unpaired) electrons. The number of aromatic carboxylic acids is 1. The summed E-state index contributed by atoms with van der Waals surface area (Å²) < 4.78 is 45.0. The van der Waals surface area contributed by atoms with Crippen LogP contribution in [0.25, 0.3) is 16.7 Å². The first-order valence-corrected chi connectivity index (χ1v) is 11.8. The quantitative estimate of drug-likeness (QED) is 0.289. The number of benzene rings is 1. The molecule has 0 amide bonds. The van der Waals surface area contributed by atoms with Gasteiger partial charge in [-0.3, -0.25) is 9.36 Å². The lowest BCUT2D eigenvalue weighted by Gasteiger charge is -2.30. The van der Waals surface area contributed by atoms with Crippen LogP contribution in [0.15, 0.2) is 23.1 Å². The van der Waals surface area contributed by atoms with Crippen LogP contribution in [0.1, 0.15) is 36.5 Å². The minimum atomic E-state index is -1.67. The Kier molecular flexibility index (Phi) is 9.00. The Hall–Kier alpha value is -3.35. The number of nitrogens with two attached hydrogens (primary N) is 1. The molecule has 37 heavy (non-hydrogen) atoms. The lowest BCUT2D eigenvalue weighted by Crippen LogP contribution is -2.32. The zero-order valence-corrected chi connectivity index (χ0v) is 20.6. The summed E-state index contributed by atoms with van der Waals surface area (Å²) in [5, 5.41) is 27.5. The molecule has 5 N–H and O–H groups in total. The number of fused-ring (bicyclic) bond motifs is 1. The van der Waals surface area contributed by atoms with E-state index in [0.717, 1.165) is 16.8 Å². The first kappa shape index (κ1) is 28.2. The van der Waals surface area contributed by atoms with Crippen LogP contribution in [-0.2, 0) is 0 Å². The fraction of sp³-hybridized carbons (Fsp3) is 0.375. The second-order valence-corrected chi connectivity index (χ2v) is 8.84. The third-order valence-corrected chi connectivity index (χ3v) is 6.27. The number of aromatic nitrogens is 2. The summed E-state index contributed by atoms with van der Waals surface area (Å²) in [4.78, 5) is 29.9. The second kappa shape index (κ2) is 11.8. The van der Waals surface area contributed by atoms with Crippen molar-refractivity contribution in [2.24, 2.45) is 5.92 Å². The number of aliphatic hydroxyl groups excluding tert-OH is 2. The SMILES string of the molecule is CCCN(CC(CCO)CCO)c1c(F)cc2c(=O)c(C(=O)O)cn(-c3nc(N)c(F)cc3F)c2c1Cl. The van der Waals surface area contributed by atoms with Gasteiger partial charge < -0.3 is 26.0 Å². The number of hydrogen-bond acceptors (Lipinski definition) is 7. The van der Waals surface area contributed by atoms with E-state index in [1.807, 2.05) is 6.92 Å². The first-order valence-electron chi connectivity index (χ1n) is 11.4. The van der Waals surface area contributed by atoms with Gasteiger partial charge in [0.2, 0.25) is 5.43 Å². The van der Waals surface area contributed by atoms with Crippen LogP contribution in [0, 0.1) is 23.4 Å². The maximum Gasteiger partial charge on any atom is 0.341 e. The highest BCUT2D eigenvalue weighted by molar-refractivity contribution is 6.38. The van der Waals surface area contributed by atoms with E-state index in [1.54, 1.807) is 4.90 Å². The predicted octanol–water partition coefficient (Wildman–Crippen LogP) is 3.33. The zero-order chi connectivity index (χ0) is 27.4. The average molecular weight is 543 g/mol. The molecule has 9 nitrogen and oxygen atoms in total. The minimum absolute atomic E-state index is 0.149. The summed E-state index contributed by atoms with van der Waals surface area (Å²) in [7, 11) is 0. The van der Waals surface area contributed by atoms with E-state index >= 15 is 4.39 Å². The van der Waals surface area contributed by atoms with E-state index in [2.05, 4.69) is 4.98 Å². The van der Waals surface area contributed by atoms with Crippen LogP contribution in [0.3, 0.4) is 0 Å². The molecule has 3 rings (SSSR count). The summed E-state index contributed by atoms with van der Waals surface area (Å²) >= 11 is 6.65. The number of hydrogen-bond donors (Lipinski definition) is 4. The van der Waals surface area contributed by atoms with Gasteiger partial charge in [0, 0.05) is 38.6 Å². The van der Waals surface area contributed by atoms with Gasteiger partial charge in [0.25, 0.3) is 0 Å². The van der Waals surface area contributed by atoms with E-state index in [4.69, 9.17) is 17.3 Å². The number of nitrogen functional groups attached to an aromatic ring is 1. The van der Waals surface area contributed by atoms with Crippen LogP contribution < -0.4 is 16.1 Å². The molecule has 0 saturated heterocycles. The van der Waals surface area contributed by atoms with Crippen LogP contribution >= 0.6 is 11.6 Å². The predicted molar refractivity (Wildman–Crippen MR) is 133 cm³/mol. The molecular weight excluding hydrogens is 517 g/mol. The number of anilines is 2. The number of carboxylic acids is 1. The number of nitrogens with zero attached hydrogens (tertiary/aromatic N) is 3. The summed E-state index contributed by atoms with van der Waals surface area (Å²) in [6.07, 6.45) is 1.97. The van der Waals surface area contributed by atoms with Gasteiger partial charge in [0.1, 0.15) is 11.4 Å². The van der Waals surface area contributed by atoms with Gasteiger partial charge in [-0.2, -0.15) is 0 Å². The molecule has 0 aliphatic carbocycles. The van der Waals surface area contributed by atoms with Crippen molar-refractivity contribution in [1.29, 1.82) is 0 Å². The maximum atomic E-state index is 15.5. The summed E-state index contributed by atoms with van der Waals surface area (Å²) in [6.45, 7) is 2.00. The Morgan fingerprint density at radius 2 is 1.81 bits per heavy atom. The molecule has 1 aromatic carbocycles. The van der Waals surface area contributed by atoms with Gasteiger partial charge in [-0.1, -0.05) is 18.5 Å². The fourth-order valence-electron chi connectivity index (χ4n) is 4.22. The Bertz CT molecular complexity index is 1380. The highest BCUT2D eigenvalue weighted by atomic mass is 35.5. The molecule has 0 fully saturated rings. The zero-order valence-electron chi connectivity index (χ0n) is 19.8. The fourth-order valence-corrected chi connectivity index (χ4v) is 4.62. The van der Waals surface area contributed by atoms with Crippen molar-refractivity contribution in [2.75, 3.05) is 36.9 Å².